The van der Waals surface area contributed by atoms with Crippen molar-refractivity contribution in [3.8, 4) is 0 Å². The molecule has 110 valence electrons. The van der Waals surface area contributed by atoms with E-state index in [0.29, 0.717) is 18.0 Å². The molecule has 1 aliphatic heterocycles. The van der Waals surface area contributed by atoms with Gasteiger partial charge in [0.05, 0.1) is 11.4 Å². The molecule has 0 spiro atoms. The first-order valence-electron chi connectivity index (χ1n) is 6.77. The van der Waals surface area contributed by atoms with Crippen LogP contribution in [-0.2, 0) is 4.79 Å². The van der Waals surface area contributed by atoms with Gasteiger partial charge in [0, 0.05) is 42.6 Å². The van der Waals surface area contributed by atoms with E-state index in [4.69, 9.17) is 11.6 Å². The molecule has 1 fully saturated rings. The molecule has 0 aliphatic carbocycles. The van der Waals surface area contributed by atoms with Crippen molar-refractivity contribution >= 4 is 40.6 Å². The van der Waals surface area contributed by atoms with Crippen LogP contribution in [0, 0.1) is 0 Å². The Morgan fingerprint density at radius 3 is 2.85 bits per heavy atom. The van der Waals surface area contributed by atoms with Crippen LogP contribution < -0.4 is 15.5 Å². The van der Waals surface area contributed by atoms with Crippen molar-refractivity contribution in [2.24, 2.45) is 0 Å². The molecule has 0 unspecified atom stereocenters. The Morgan fingerprint density at radius 2 is 2.15 bits per heavy atom. The molecule has 0 radical (unpaired) electrons. The number of hydrogen-bond acceptors (Lipinski definition) is 4. The number of thioether (sulfide) groups is 1. The maximum Gasteiger partial charge on any atom is 0.225 e. The Balaban J connectivity index is 2.12. The summed E-state index contributed by atoms with van der Waals surface area (Å²) in [5, 5.41) is 6.59. The van der Waals surface area contributed by atoms with Crippen molar-refractivity contribution in [2.75, 3.05) is 48.4 Å². The number of nitrogens with zero attached hydrogens (tertiary/aromatic N) is 1. The minimum absolute atomic E-state index is 0.00857. The summed E-state index contributed by atoms with van der Waals surface area (Å²) in [6, 6.07) is 5.70. The third kappa shape index (κ3) is 4.30. The highest BCUT2D eigenvalue weighted by Crippen LogP contribution is 2.31. The number of rotatable bonds is 5. The van der Waals surface area contributed by atoms with Crippen molar-refractivity contribution in [1.82, 2.24) is 5.32 Å². The maximum absolute atomic E-state index is 11.9. The van der Waals surface area contributed by atoms with Gasteiger partial charge < -0.3 is 15.5 Å². The number of halogens is 1. The lowest BCUT2D eigenvalue weighted by Gasteiger charge is -2.30. The lowest BCUT2D eigenvalue weighted by Crippen LogP contribution is -2.33. The molecule has 4 nitrogen and oxygen atoms in total. The predicted molar refractivity (Wildman–Crippen MR) is 88.2 cm³/mol. The van der Waals surface area contributed by atoms with Gasteiger partial charge in [-0.15, -0.1) is 0 Å². The van der Waals surface area contributed by atoms with Gasteiger partial charge >= 0.3 is 0 Å². The third-order valence-corrected chi connectivity index (χ3v) is 4.36. The fourth-order valence-electron chi connectivity index (χ4n) is 2.14. The summed E-state index contributed by atoms with van der Waals surface area (Å²) in [4.78, 5) is 14.2. The quantitative estimate of drug-likeness (QED) is 0.876. The number of nitrogens with one attached hydrogen (secondary N) is 2. The van der Waals surface area contributed by atoms with Crippen LogP contribution >= 0.6 is 23.4 Å². The van der Waals surface area contributed by atoms with Crippen LogP contribution in [0.1, 0.15) is 6.42 Å². The highest BCUT2D eigenvalue weighted by Gasteiger charge is 2.16. The van der Waals surface area contributed by atoms with E-state index in [1.54, 1.807) is 0 Å². The molecule has 1 amide bonds. The fourth-order valence-corrected chi connectivity index (χ4v) is 3.21. The molecule has 0 aromatic heterocycles. The Kier molecular flexibility index (Phi) is 6.01. The molecule has 2 rings (SSSR count). The van der Waals surface area contributed by atoms with Gasteiger partial charge in [0.15, 0.2) is 0 Å². The third-order valence-electron chi connectivity index (χ3n) is 3.19. The monoisotopic (exact) mass is 313 g/mol. The van der Waals surface area contributed by atoms with Crippen LogP contribution in [0.5, 0.6) is 0 Å². The Labute approximate surface area is 129 Å². The second kappa shape index (κ2) is 7.76. The second-order valence-corrected chi connectivity index (χ2v) is 6.32. The van der Waals surface area contributed by atoms with E-state index >= 15 is 0 Å². The van der Waals surface area contributed by atoms with Crippen LogP contribution in [0.25, 0.3) is 0 Å². The molecule has 6 heteroatoms. The molecule has 1 saturated heterocycles. The largest absolute Gasteiger partial charge is 0.368 e. The Morgan fingerprint density at radius 1 is 1.40 bits per heavy atom. The van der Waals surface area contributed by atoms with Gasteiger partial charge in [-0.1, -0.05) is 11.6 Å². The number of carbonyl (C=O) groups is 1. The average Bonchev–Trinajstić information content (AvgIpc) is 2.46. The summed E-state index contributed by atoms with van der Waals surface area (Å²) in [5.41, 5.74) is 1.87. The minimum Gasteiger partial charge on any atom is -0.368 e. The van der Waals surface area contributed by atoms with E-state index in [-0.39, 0.29) is 5.91 Å². The van der Waals surface area contributed by atoms with Gasteiger partial charge in [0.1, 0.15) is 0 Å². The highest BCUT2D eigenvalue weighted by atomic mass is 35.5. The molecule has 1 aromatic rings. The normalized spacial score (nSPS) is 15.2. The van der Waals surface area contributed by atoms with Crippen molar-refractivity contribution in [2.45, 2.75) is 6.42 Å². The summed E-state index contributed by atoms with van der Waals surface area (Å²) >= 11 is 8.02. The zero-order valence-electron chi connectivity index (χ0n) is 11.6. The van der Waals surface area contributed by atoms with E-state index in [9.17, 15) is 4.79 Å². The smallest absolute Gasteiger partial charge is 0.225 e. The topological polar surface area (TPSA) is 44.4 Å². The first-order chi connectivity index (χ1) is 9.70. The number of carbonyl (C=O) groups excluding carboxylic acids is 1. The molecule has 2 N–H and O–H groups in total. The van der Waals surface area contributed by atoms with Crippen LogP contribution in [0.3, 0.4) is 0 Å². The highest BCUT2D eigenvalue weighted by molar-refractivity contribution is 7.99. The van der Waals surface area contributed by atoms with Crippen LogP contribution in [-0.4, -0.2) is 44.1 Å². The van der Waals surface area contributed by atoms with E-state index in [1.807, 2.05) is 37.0 Å². The first-order valence-corrected chi connectivity index (χ1v) is 8.30. The van der Waals surface area contributed by atoms with Crippen LogP contribution in [0.15, 0.2) is 18.2 Å². The maximum atomic E-state index is 11.9. The van der Waals surface area contributed by atoms with Crippen LogP contribution in [0.2, 0.25) is 5.02 Å². The number of benzene rings is 1. The fraction of sp³-hybridized carbons (Fsp3) is 0.500. The predicted octanol–water partition coefficient (Wildman–Crippen LogP) is 2.44. The van der Waals surface area contributed by atoms with Gasteiger partial charge in [0.2, 0.25) is 5.91 Å². The molecule has 1 aromatic carbocycles. The summed E-state index contributed by atoms with van der Waals surface area (Å²) in [6.45, 7) is 2.68. The summed E-state index contributed by atoms with van der Waals surface area (Å²) < 4.78 is 0. The van der Waals surface area contributed by atoms with E-state index in [0.717, 1.165) is 36.0 Å². The molecule has 1 aliphatic rings. The van der Waals surface area contributed by atoms with Gasteiger partial charge in [0.25, 0.3) is 0 Å². The van der Waals surface area contributed by atoms with Crippen molar-refractivity contribution in [1.29, 1.82) is 0 Å². The van der Waals surface area contributed by atoms with Gasteiger partial charge in [-0.2, -0.15) is 11.8 Å². The van der Waals surface area contributed by atoms with Gasteiger partial charge in [-0.05, 0) is 25.2 Å². The molecule has 0 atom stereocenters. The number of amides is 1. The van der Waals surface area contributed by atoms with Gasteiger partial charge in [-0.3, -0.25) is 4.79 Å². The summed E-state index contributed by atoms with van der Waals surface area (Å²) in [7, 11) is 1.84. The summed E-state index contributed by atoms with van der Waals surface area (Å²) in [6.07, 6.45) is 0.457. The Hall–Kier alpha value is -0.910. The first kappa shape index (κ1) is 15.5. The second-order valence-electron chi connectivity index (χ2n) is 4.66. The number of anilines is 2. The zero-order chi connectivity index (χ0) is 14.4. The van der Waals surface area contributed by atoms with E-state index in [1.165, 1.54) is 0 Å². The van der Waals surface area contributed by atoms with E-state index < -0.39 is 0 Å². The summed E-state index contributed by atoms with van der Waals surface area (Å²) in [5.74, 6) is 2.25. The van der Waals surface area contributed by atoms with Crippen LogP contribution in [0.4, 0.5) is 11.4 Å². The van der Waals surface area contributed by atoms with Crippen molar-refractivity contribution in [3.63, 3.8) is 0 Å². The SMILES string of the molecule is CNCCC(=O)Nc1cc(Cl)ccc1N1CCSCC1. The Bertz CT molecular complexity index is 464. The lowest BCUT2D eigenvalue weighted by atomic mass is 10.2. The average molecular weight is 314 g/mol. The lowest BCUT2D eigenvalue weighted by molar-refractivity contribution is -0.116. The molecule has 20 heavy (non-hydrogen) atoms. The molecule has 0 saturated carbocycles. The van der Waals surface area contributed by atoms with Crippen molar-refractivity contribution < 1.29 is 4.79 Å². The standard InChI is InChI=1S/C14H20ClN3OS/c1-16-5-4-14(19)17-12-10-11(15)2-3-13(12)18-6-8-20-9-7-18/h2-3,10,16H,4-9H2,1H3,(H,17,19). The minimum atomic E-state index is 0.00857. The molecular formula is C14H20ClN3OS. The van der Waals surface area contributed by atoms with E-state index in [2.05, 4.69) is 15.5 Å². The molecule has 1 heterocycles. The van der Waals surface area contributed by atoms with Crippen molar-refractivity contribution in [3.05, 3.63) is 23.2 Å². The van der Waals surface area contributed by atoms with Gasteiger partial charge in [-0.25, -0.2) is 0 Å². The molecule has 0 bridgehead atoms. The number of hydrogen-bond donors (Lipinski definition) is 2. The zero-order valence-corrected chi connectivity index (χ0v) is 13.2. The molecular weight excluding hydrogens is 294 g/mol.